The first kappa shape index (κ1) is 33.9. The Bertz CT molecular complexity index is 307. The van der Waals surface area contributed by atoms with Crippen LogP contribution in [0.15, 0.2) is 0 Å². The minimum atomic E-state index is -2.53. The van der Waals surface area contributed by atoms with Crippen molar-refractivity contribution in [2.45, 2.75) is 54.4 Å². The zero-order valence-electron chi connectivity index (χ0n) is 13.7. The topological polar surface area (TPSA) is 92.7 Å². The van der Waals surface area contributed by atoms with Gasteiger partial charge in [0.15, 0.2) is 0 Å². The summed E-state index contributed by atoms with van der Waals surface area (Å²) in [5, 5.41) is 8.89. The monoisotopic (exact) mass is 402 g/mol. The van der Waals surface area contributed by atoms with Crippen molar-refractivity contribution < 1.29 is 57.9 Å². The quantitative estimate of drug-likeness (QED) is 0.451. The summed E-state index contributed by atoms with van der Waals surface area (Å²) in [4.78, 5) is 29.8. The third-order valence-corrected chi connectivity index (χ3v) is 2.34. The molecule has 0 aromatic heterocycles. The standard InChI is InChI=1S/C6H12O4Si.C2H6Cl2Si.C2H4O2.CH4.Na/c1-5(7)9-11(3,4)10-6(2)8;1-5(2,3)4;1-2(3)4;;/h1-4H3;1-2H3;1H3,(H,3,4);1H4;/q;;;;+1/p-1. The van der Waals surface area contributed by atoms with E-state index in [9.17, 15) is 9.59 Å². The van der Waals surface area contributed by atoms with E-state index in [2.05, 4.69) is 0 Å². The normalized spacial score (nSPS) is 9.14. The third-order valence-electron chi connectivity index (χ3n) is 0.779. The van der Waals surface area contributed by atoms with Gasteiger partial charge in [0.2, 0.25) is 6.69 Å². The van der Waals surface area contributed by atoms with Gasteiger partial charge in [-0.2, -0.15) is 0 Å². The van der Waals surface area contributed by atoms with E-state index in [1.165, 1.54) is 13.8 Å². The van der Waals surface area contributed by atoms with E-state index in [0.29, 0.717) is 0 Å². The first-order valence-electron chi connectivity index (χ1n) is 5.51. The summed E-state index contributed by atoms with van der Waals surface area (Å²) < 4.78 is 9.61. The molecule has 6 nitrogen and oxygen atoms in total. The molecule has 0 N–H and O–H groups in total. The number of carboxylic acids is 1. The molecule has 0 bridgehead atoms. The smallest absolute Gasteiger partial charge is 0.550 e. The average molecular weight is 403 g/mol. The van der Waals surface area contributed by atoms with E-state index in [-0.39, 0.29) is 37.0 Å². The summed E-state index contributed by atoms with van der Waals surface area (Å²) >= 11 is 10.9. The van der Waals surface area contributed by atoms with Crippen LogP contribution in [-0.4, -0.2) is 33.2 Å². The number of aliphatic carboxylic acids is 1. The molecule has 0 atom stereocenters. The summed E-state index contributed by atoms with van der Waals surface area (Å²) in [7, 11) is -2.53. The van der Waals surface area contributed by atoms with Crippen molar-refractivity contribution in [1.29, 1.82) is 0 Å². The van der Waals surface area contributed by atoms with Gasteiger partial charge in [-0.25, -0.2) is 0 Å². The van der Waals surface area contributed by atoms with Crippen LogP contribution in [0.1, 0.15) is 28.2 Å². The van der Waals surface area contributed by atoms with Crippen LogP contribution in [0.25, 0.3) is 0 Å². The van der Waals surface area contributed by atoms with E-state index in [0.717, 1.165) is 6.92 Å². The van der Waals surface area contributed by atoms with Gasteiger partial charge in [-0.05, 0) is 20.0 Å². The third kappa shape index (κ3) is 70.9. The Balaban J connectivity index is -0.0000000743. The molecule has 0 heterocycles. The van der Waals surface area contributed by atoms with Gasteiger partial charge in [-0.1, -0.05) is 7.43 Å². The van der Waals surface area contributed by atoms with Crippen molar-refractivity contribution in [1.82, 2.24) is 0 Å². The second kappa shape index (κ2) is 16.3. The van der Waals surface area contributed by atoms with Crippen molar-refractivity contribution in [2.24, 2.45) is 0 Å². The van der Waals surface area contributed by atoms with E-state index in [1.807, 2.05) is 13.1 Å². The molecule has 11 heteroatoms. The van der Waals surface area contributed by atoms with Gasteiger partial charge in [-0.15, -0.1) is 22.2 Å². The number of hydrogen-bond acceptors (Lipinski definition) is 6. The Hall–Kier alpha value is 0.424. The molecule has 0 unspecified atom stereocenters. The molecule has 0 amide bonds. The van der Waals surface area contributed by atoms with Crippen LogP contribution in [0.3, 0.4) is 0 Å². The van der Waals surface area contributed by atoms with Crippen LogP contribution in [0, 0.1) is 0 Å². The number of hydrogen-bond donors (Lipinski definition) is 0. The zero-order valence-corrected chi connectivity index (χ0v) is 19.2. The Morgan fingerprint density at radius 3 is 1.09 bits per heavy atom. The maximum absolute atomic E-state index is 10.5. The van der Waals surface area contributed by atoms with Gasteiger partial charge in [-0.3, -0.25) is 9.59 Å². The average Bonchev–Trinajstić information content (AvgIpc) is 1.90. The second-order valence-corrected chi connectivity index (χ2v) is 16.5. The molecule has 128 valence electrons. The molecule has 0 aromatic carbocycles. The summed E-state index contributed by atoms with van der Waals surface area (Å²) in [5.74, 6) is -1.91. The van der Waals surface area contributed by atoms with E-state index < -0.39 is 33.2 Å². The number of carbonyl (C=O) groups excluding carboxylic acids is 3. The Morgan fingerprint density at radius 1 is 0.864 bits per heavy atom. The van der Waals surface area contributed by atoms with Gasteiger partial charge < -0.3 is 18.8 Å². The minimum Gasteiger partial charge on any atom is -0.550 e. The molecule has 0 radical (unpaired) electrons. The van der Waals surface area contributed by atoms with Crippen molar-refractivity contribution in [2.75, 3.05) is 0 Å². The summed E-state index contributed by atoms with van der Waals surface area (Å²) in [6.07, 6.45) is 0. The number of carbonyl (C=O) groups is 3. The molecule has 0 spiro atoms. The first-order valence-corrected chi connectivity index (χ1v) is 13.4. The predicted octanol–water partition coefficient (Wildman–Crippen LogP) is -0.623. The van der Waals surface area contributed by atoms with Gasteiger partial charge >= 0.3 is 38.1 Å². The summed E-state index contributed by atoms with van der Waals surface area (Å²) in [5.41, 5.74) is 0. The molecule has 0 aliphatic carbocycles. The fourth-order valence-electron chi connectivity index (χ4n) is 0.713. The maximum atomic E-state index is 10.5. The Morgan fingerprint density at radius 2 is 1.00 bits per heavy atom. The second-order valence-electron chi connectivity index (χ2n) is 4.41. The summed E-state index contributed by atoms with van der Waals surface area (Å²) in [6.45, 7) is 8.87. The number of rotatable bonds is 2. The van der Waals surface area contributed by atoms with Crippen LogP contribution >= 0.6 is 22.2 Å². The fourth-order valence-corrected chi connectivity index (χ4v) is 2.14. The van der Waals surface area contributed by atoms with Crippen LogP contribution in [0.2, 0.25) is 26.2 Å². The number of halogens is 2. The SMILES string of the molecule is C.CC(=O)O[Si](C)(C)OC(C)=O.CC(=O)[O-].C[Si](C)(Cl)Cl.[Na+]. The van der Waals surface area contributed by atoms with Crippen LogP contribution in [0.4, 0.5) is 0 Å². The Labute approximate surface area is 166 Å². The van der Waals surface area contributed by atoms with E-state index in [1.54, 1.807) is 13.1 Å². The largest absolute Gasteiger partial charge is 1.00 e. The van der Waals surface area contributed by atoms with E-state index >= 15 is 0 Å². The molecule has 0 rings (SSSR count). The molecular formula is C11H25Cl2NaO6Si2. The van der Waals surface area contributed by atoms with Crippen LogP contribution in [0.5, 0.6) is 0 Å². The van der Waals surface area contributed by atoms with Crippen LogP contribution in [-0.2, 0) is 23.2 Å². The molecule has 0 aromatic rings. The van der Waals surface area contributed by atoms with Gasteiger partial charge in [0.05, 0.1) is 0 Å². The van der Waals surface area contributed by atoms with Gasteiger partial charge in [0.1, 0.15) is 0 Å². The van der Waals surface area contributed by atoms with Crippen molar-refractivity contribution in [3.8, 4) is 0 Å². The van der Waals surface area contributed by atoms with E-state index in [4.69, 9.17) is 40.9 Å². The van der Waals surface area contributed by atoms with Gasteiger partial charge in [0.25, 0.3) is 11.9 Å². The van der Waals surface area contributed by atoms with Crippen molar-refractivity contribution >= 4 is 55.3 Å². The molecule has 0 aliphatic rings. The first-order chi connectivity index (χ1) is 8.57. The minimum absolute atomic E-state index is 0. The molecule has 0 fully saturated rings. The molecule has 0 saturated carbocycles. The van der Waals surface area contributed by atoms with Crippen molar-refractivity contribution in [3.05, 3.63) is 0 Å². The van der Waals surface area contributed by atoms with Gasteiger partial charge in [0, 0.05) is 32.9 Å². The number of carboxylic acid groups (broad SMARTS) is 1. The van der Waals surface area contributed by atoms with Crippen LogP contribution < -0.4 is 34.7 Å². The maximum Gasteiger partial charge on any atom is 1.00 e. The molecular weight excluding hydrogens is 378 g/mol. The molecule has 0 aliphatic heterocycles. The fraction of sp³-hybridized carbons (Fsp3) is 0.727. The zero-order chi connectivity index (χ0) is 17.1. The molecule has 0 saturated heterocycles. The molecule has 22 heavy (non-hydrogen) atoms. The predicted molar refractivity (Wildman–Crippen MR) is 87.6 cm³/mol. The summed E-state index contributed by atoms with van der Waals surface area (Å²) in [6, 6.07) is 0. The Kier molecular flexibility index (Phi) is 25.1. The van der Waals surface area contributed by atoms with Crippen molar-refractivity contribution in [3.63, 3.8) is 0 Å².